The number of pyridine rings is 1. The number of likely N-dealkylation sites (N-methyl/N-ethyl adjacent to an activating group) is 2. The topological polar surface area (TPSA) is 97.8 Å². The summed E-state index contributed by atoms with van der Waals surface area (Å²) >= 11 is 0. The van der Waals surface area contributed by atoms with Crippen LogP contribution in [0.2, 0.25) is 0 Å². The van der Waals surface area contributed by atoms with Crippen molar-refractivity contribution in [3.05, 3.63) is 40.6 Å². The van der Waals surface area contributed by atoms with Crippen LogP contribution in [-0.4, -0.2) is 67.1 Å². The number of carbonyl (C=O) groups is 3. The Morgan fingerprint density at radius 2 is 1.52 bits per heavy atom. The van der Waals surface area contributed by atoms with Gasteiger partial charge in [0.05, 0.1) is 25.3 Å². The lowest BCUT2D eigenvalue weighted by molar-refractivity contribution is -0.151. The number of amides is 1. The van der Waals surface area contributed by atoms with Gasteiger partial charge in [0, 0.05) is 18.1 Å². The third-order valence-corrected chi connectivity index (χ3v) is 5.99. The molecule has 0 spiro atoms. The van der Waals surface area contributed by atoms with Crippen molar-refractivity contribution in [2.45, 2.75) is 59.5 Å². The predicted molar refractivity (Wildman–Crippen MR) is 129 cm³/mol. The van der Waals surface area contributed by atoms with Gasteiger partial charge in [-0.15, -0.1) is 0 Å². The van der Waals surface area contributed by atoms with Gasteiger partial charge < -0.3 is 19.7 Å². The number of methoxy groups -OCH3 is 2. The van der Waals surface area contributed by atoms with Crippen LogP contribution in [-0.2, 0) is 19.1 Å². The van der Waals surface area contributed by atoms with Crippen molar-refractivity contribution >= 4 is 28.7 Å². The van der Waals surface area contributed by atoms with E-state index < -0.39 is 17.0 Å². The molecule has 0 atom stereocenters. The Labute approximate surface area is 196 Å². The third kappa shape index (κ3) is 6.07. The molecule has 182 valence electrons. The van der Waals surface area contributed by atoms with Crippen LogP contribution < -0.4 is 5.32 Å². The van der Waals surface area contributed by atoms with Crippen LogP contribution >= 0.6 is 0 Å². The van der Waals surface area contributed by atoms with Gasteiger partial charge in [-0.25, -0.2) is 4.79 Å². The minimum atomic E-state index is -1.06. The van der Waals surface area contributed by atoms with Gasteiger partial charge in [0.15, 0.2) is 0 Å². The molecule has 0 radical (unpaired) electrons. The summed E-state index contributed by atoms with van der Waals surface area (Å²) in [7, 11) is 6.04. The molecule has 8 heteroatoms. The van der Waals surface area contributed by atoms with E-state index >= 15 is 0 Å². The lowest BCUT2D eigenvalue weighted by atomic mass is 9.96. The molecule has 0 bridgehead atoms. The first-order valence-electron chi connectivity index (χ1n) is 10.7. The number of esters is 2. The second-order valence-corrected chi connectivity index (χ2v) is 9.00. The number of nitrogens with one attached hydrogen (secondary N) is 1. The maximum absolute atomic E-state index is 13.2. The van der Waals surface area contributed by atoms with Gasteiger partial charge in [-0.1, -0.05) is 11.6 Å². The van der Waals surface area contributed by atoms with E-state index in [1.54, 1.807) is 41.8 Å². The summed E-state index contributed by atoms with van der Waals surface area (Å²) in [4.78, 5) is 42.0. The lowest BCUT2D eigenvalue weighted by Crippen LogP contribution is -2.51. The molecule has 1 aromatic heterocycles. The van der Waals surface area contributed by atoms with E-state index in [2.05, 4.69) is 15.0 Å². The Morgan fingerprint density at radius 1 is 0.970 bits per heavy atom. The highest BCUT2D eigenvalue weighted by molar-refractivity contribution is 6.09. The molecule has 0 fully saturated rings. The molecule has 1 aromatic carbocycles. The monoisotopic (exact) mass is 459 g/mol. The number of nitrogens with zero attached hydrogens (tertiary/aromatic N) is 2. The van der Waals surface area contributed by atoms with E-state index in [1.165, 1.54) is 19.1 Å². The van der Waals surface area contributed by atoms with Gasteiger partial charge in [0.25, 0.3) is 5.91 Å². The molecular formula is C25H37N3O5. The molecule has 0 saturated heterocycles. The van der Waals surface area contributed by atoms with E-state index in [-0.39, 0.29) is 11.9 Å². The largest absolute Gasteiger partial charge is 0.468 e. The van der Waals surface area contributed by atoms with E-state index in [0.717, 1.165) is 27.7 Å². The summed E-state index contributed by atoms with van der Waals surface area (Å²) in [5, 5.41) is 3.62. The molecule has 2 rings (SSSR count). The first kappa shape index (κ1) is 28.0. The van der Waals surface area contributed by atoms with E-state index in [1.807, 2.05) is 39.0 Å². The van der Waals surface area contributed by atoms with Crippen molar-refractivity contribution in [3.63, 3.8) is 0 Å². The number of aryl methyl sites for hydroxylation is 2. The van der Waals surface area contributed by atoms with Gasteiger partial charge >= 0.3 is 11.9 Å². The van der Waals surface area contributed by atoms with Crippen molar-refractivity contribution in [1.82, 2.24) is 15.2 Å². The zero-order valence-corrected chi connectivity index (χ0v) is 21.7. The first-order chi connectivity index (χ1) is 15.1. The fourth-order valence-electron chi connectivity index (χ4n) is 3.04. The number of aromatic nitrogens is 1. The maximum atomic E-state index is 13.2. The Balaban J connectivity index is 0.000000513. The molecule has 0 aliphatic carbocycles. The minimum Gasteiger partial charge on any atom is -0.468 e. The molecule has 0 unspecified atom stereocenters. The number of hydrogen-bond donors (Lipinski definition) is 1. The van der Waals surface area contributed by atoms with Crippen LogP contribution in [0.4, 0.5) is 0 Å². The van der Waals surface area contributed by atoms with Gasteiger partial charge in [0.1, 0.15) is 11.1 Å². The molecule has 1 amide bonds. The molecule has 0 saturated carbocycles. The zero-order valence-electron chi connectivity index (χ0n) is 21.7. The van der Waals surface area contributed by atoms with Crippen LogP contribution in [0, 0.1) is 20.8 Å². The van der Waals surface area contributed by atoms with Crippen LogP contribution in [0.25, 0.3) is 10.9 Å². The highest BCUT2D eigenvalue weighted by Crippen LogP contribution is 2.27. The molecule has 2 aromatic rings. The smallest absolute Gasteiger partial charge is 0.331 e. The fraction of sp³-hybridized carbons (Fsp3) is 0.520. The molecule has 0 aliphatic heterocycles. The van der Waals surface area contributed by atoms with Crippen molar-refractivity contribution in [1.29, 1.82) is 0 Å². The highest BCUT2D eigenvalue weighted by Gasteiger charge is 2.37. The first-order valence-corrected chi connectivity index (χ1v) is 10.7. The standard InChI is InChI=1S/C19H24N2O3.C6H13NO2/c1-11-8-9-15-14(10-11)16(12(2)13(3)20-15)17(22)21(6)19(4,5)18(23)24-7;1-6(2,7-3)5(8)9-4/h8-10H,1-7H3;7H,1-4H3. The maximum Gasteiger partial charge on any atom is 0.331 e. The van der Waals surface area contributed by atoms with Crippen LogP contribution in [0.1, 0.15) is 54.9 Å². The van der Waals surface area contributed by atoms with Crippen LogP contribution in [0.5, 0.6) is 0 Å². The molecule has 1 heterocycles. The average Bonchev–Trinajstić information content (AvgIpc) is 2.78. The number of hydrogen-bond acceptors (Lipinski definition) is 7. The summed E-state index contributed by atoms with van der Waals surface area (Å²) in [6.07, 6.45) is 0. The predicted octanol–water partition coefficient (Wildman–Crippen LogP) is 3.34. The van der Waals surface area contributed by atoms with Crippen LogP contribution in [0.3, 0.4) is 0 Å². The SMILES string of the molecule is CNC(C)(C)C(=O)OC.COC(=O)C(C)(C)N(C)C(=O)c1c(C)c(C)nc2ccc(C)cc12. The molecule has 1 N–H and O–H groups in total. The summed E-state index contributed by atoms with van der Waals surface area (Å²) < 4.78 is 9.34. The molecule has 8 nitrogen and oxygen atoms in total. The van der Waals surface area contributed by atoms with Gasteiger partial charge in [0.2, 0.25) is 0 Å². The van der Waals surface area contributed by atoms with Crippen molar-refractivity contribution in [3.8, 4) is 0 Å². The Hall–Kier alpha value is -3.00. The second-order valence-electron chi connectivity index (χ2n) is 9.00. The van der Waals surface area contributed by atoms with E-state index in [4.69, 9.17) is 4.74 Å². The number of benzene rings is 1. The number of fused-ring (bicyclic) bond motifs is 1. The Kier molecular flexibility index (Phi) is 9.13. The zero-order chi connectivity index (χ0) is 25.7. The van der Waals surface area contributed by atoms with Gasteiger partial charge in [-0.2, -0.15) is 0 Å². The highest BCUT2D eigenvalue weighted by atomic mass is 16.5. The molecule has 33 heavy (non-hydrogen) atoms. The molecule has 0 aliphatic rings. The van der Waals surface area contributed by atoms with Gasteiger partial charge in [-0.05, 0) is 73.2 Å². The van der Waals surface area contributed by atoms with E-state index in [0.29, 0.717) is 5.56 Å². The number of carbonyl (C=O) groups excluding carboxylic acids is 3. The quantitative estimate of drug-likeness (QED) is 0.685. The minimum absolute atomic E-state index is 0.219. The van der Waals surface area contributed by atoms with Crippen molar-refractivity contribution < 1.29 is 23.9 Å². The van der Waals surface area contributed by atoms with E-state index in [9.17, 15) is 14.4 Å². The summed E-state index contributed by atoms with van der Waals surface area (Å²) in [5.74, 6) is -0.920. The van der Waals surface area contributed by atoms with Gasteiger partial charge in [-0.3, -0.25) is 14.6 Å². The Bertz CT molecular complexity index is 1040. The Morgan fingerprint density at radius 3 is 1.97 bits per heavy atom. The normalized spacial score (nSPS) is 11.4. The number of rotatable bonds is 5. The lowest BCUT2D eigenvalue weighted by Gasteiger charge is -2.33. The number of ether oxygens (including phenoxy) is 2. The summed E-state index contributed by atoms with van der Waals surface area (Å²) in [6, 6.07) is 5.85. The summed E-state index contributed by atoms with van der Waals surface area (Å²) in [6.45, 7) is 12.6. The fourth-order valence-corrected chi connectivity index (χ4v) is 3.04. The molecular weight excluding hydrogens is 422 g/mol. The third-order valence-electron chi connectivity index (χ3n) is 5.99. The summed E-state index contributed by atoms with van der Waals surface area (Å²) in [5.41, 5.74) is 2.42. The van der Waals surface area contributed by atoms with Crippen molar-refractivity contribution in [2.75, 3.05) is 28.3 Å². The second kappa shape index (κ2) is 10.7. The van der Waals surface area contributed by atoms with Crippen molar-refractivity contribution in [2.24, 2.45) is 0 Å². The average molecular weight is 460 g/mol. The van der Waals surface area contributed by atoms with Crippen LogP contribution in [0.15, 0.2) is 18.2 Å².